The van der Waals surface area contributed by atoms with E-state index in [4.69, 9.17) is 4.74 Å². The minimum Gasteiger partial charge on any atom is -0.376 e. The van der Waals surface area contributed by atoms with Gasteiger partial charge in [0.05, 0.1) is 5.60 Å². The molecule has 1 heterocycles. The van der Waals surface area contributed by atoms with Gasteiger partial charge in [0, 0.05) is 24.3 Å². The summed E-state index contributed by atoms with van der Waals surface area (Å²) in [5, 5.41) is 2.87. The molecule has 0 spiro atoms. The van der Waals surface area contributed by atoms with E-state index in [-0.39, 0.29) is 11.5 Å². The minimum absolute atomic E-state index is 0.148. The van der Waals surface area contributed by atoms with Crippen LogP contribution in [0.2, 0.25) is 0 Å². The first-order valence-electron chi connectivity index (χ1n) is 5.60. The topological polar surface area (TPSA) is 51.2 Å². The summed E-state index contributed by atoms with van der Waals surface area (Å²) < 4.78 is 6.30. The quantitative estimate of drug-likeness (QED) is 0.926. The molecule has 1 N–H and O–H groups in total. The van der Waals surface area contributed by atoms with Gasteiger partial charge in [-0.25, -0.2) is 4.98 Å². The van der Waals surface area contributed by atoms with E-state index >= 15 is 0 Å². The van der Waals surface area contributed by atoms with Crippen molar-refractivity contribution in [3.63, 3.8) is 0 Å². The molecule has 0 atom stereocenters. The lowest BCUT2D eigenvalue weighted by Crippen LogP contribution is -2.49. The molecule has 0 unspecified atom stereocenters. The second-order valence-corrected chi connectivity index (χ2v) is 5.20. The maximum atomic E-state index is 11.8. The average Bonchev–Trinajstić information content (AvgIpc) is 2.29. The SMILES string of the molecule is COC1(CNC(=O)c2ccc(Br)cn2)CCC1. The van der Waals surface area contributed by atoms with E-state index in [1.165, 1.54) is 6.42 Å². The molecule has 92 valence electrons. The van der Waals surface area contributed by atoms with E-state index < -0.39 is 0 Å². The molecule has 0 radical (unpaired) electrons. The Morgan fingerprint density at radius 2 is 2.35 bits per heavy atom. The summed E-state index contributed by atoms with van der Waals surface area (Å²) in [5.74, 6) is -0.152. The van der Waals surface area contributed by atoms with Crippen LogP contribution in [-0.4, -0.2) is 30.1 Å². The average molecular weight is 299 g/mol. The standard InChI is InChI=1S/C12H15BrN2O2/c1-17-12(5-2-6-12)8-15-11(16)10-4-3-9(13)7-14-10/h3-4,7H,2,5-6,8H2,1H3,(H,15,16). The number of halogens is 1. The maximum Gasteiger partial charge on any atom is 0.269 e. The molecule has 4 nitrogen and oxygen atoms in total. The van der Waals surface area contributed by atoms with Gasteiger partial charge < -0.3 is 10.1 Å². The Morgan fingerprint density at radius 1 is 1.59 bits per heavy atom. The van der Waals surface area contributed by atoms with Gasteiger partial charge in [-0.1, -0.05) is 0 Å². The first-order valence-corrected chi connectivity index (χ1v) is 6.39. The lowest BCUT2D eigenvalue weighted by Gasteiger charge is -2.40. The molecule has 1 saturated carbocycles. The molecular weight excluding hydrogens is 284 g/mol. The smallest absolute Gasteiger partial charge is 0.269 e. The number of nitrogens with one attached hydrogen (secondary N) is 1. The van der Waals surface area contributed by atoms with E-state index in [2.05, 4.69) is 26.2 Å². The van der Waals surface area contributed by atoms with Gasteiger partial charge >= 0.3 is 0 Å². The predicted molar refractivity (Wildman–Crippen MR) is 67.9 cm³/mol. The number of rotatable bonds is 4. The molecule has 1 aliphatic rings. The minimum atomic E-state index is -0.152. The molecule has 0 aromatic carbocycles. The van der Waals surface area contributed by atoms with Crippen LogP contribution in [0.3, 0.4) is 0 Å². The van der Waals surface area contributed by atoms with Crippen LogP contribution in [0.25, 0.3) is 0 Å². The number of ether oxygens (including phenoxy) is 1. The first kappa shape index (κ1) is 12.5. The fourth-order valence-corrected chi connectivity index (χ4v) is 2.10. The summed E-state index contributed by atoms with van der Waals surface area (Å²) in [5.41, 5.74) is 0.282. The highest BCUT2D eigenvalue weighted by Crippen LogP contribution is 2.34. The number of amides is 1. The number of nitrogens with zero attached hydrogens (tertiary/aromatic N) is 1. The molecule has 1 aliphatic carbocycles. The van der Waals surface area contributed by atoms with Gasteiger partial charge in [0.25, 0.3) is 5.91 Å². The van der Waals surface area contributed by atoms with Crippen molar-refractivity contribution in [1.82, 2.24) is 10.3 Å². The first-order chi connectivity index (χ1) is 8.15. The van der Waals surface area contributed by atoms with Crippen molar-refractivity contribution in [3.8, 4) is 0 Å². The zero-order valence-electron chi connectivity index (χ0n) is 9.70. The zero-order chi connectivity index (χ0) is 12.3. The lowest BCUT2D eigenvalue weighted by molar-refractivity contribution is -0.0679. The van der Waals surface area contributed by atoms with Gasteiger partial charge in [0.2, 0.25) is 0 Å². The largest absolute Gasteiger partial charge is 0.376 e. The number of pyridine rings is 1. The molecule has 1 amide bonds. The number of hydrogen-bond donors (Lipinski definition) is 1. The van der Waals surface area contributed by atoms with Crippen LogP contribution >= 0.6 is 15.9 Å². The molecular formula is C12H15BrN2O2. The molecule has 0 saturated heterocycles. The fourth-order valence-electron chi connectivity index (χ4n) is 1.87. The Morgan fingerprint density at radius 3 is 2.82 bits per heavy atom. The number of aromatic nitrogens is 1. The van der Waals surface area contributed by atoms with Crippen LogP contribution in [0.1, 0.15) is 29.8 Å². The fraction of sp³-hybridized carbons (Fsp3) is 0.500. The number of carbonyl (C=O) groups excluding carboxylic acids is 1. The van der Waals surface area contributed by atoms with Crippen LogP contribution in [0, 0.1) is 0 Å². The highest BCUT2D eigenvalue weighted by Gasteiger charge is 2.37. The van der Waals surface area contributed by atoms with Crippen molar-refractivity contribution < 1.29 is 9.53 Å². The van der Waals surface area contributed by atoms with E-state index in [9.17, 15) is 4.79 Å². The Bertz CT molecular complexity index is 396. The lowest BCUT2D eigenvalue weighted by atomic mass is 9.80. The zero-order valence-corrected chi connectivity index (χ0v) is 11.3. The molecule has 2 rings (SSSR count). The Hall–Kier alpha value is -0.940. The third-order valence-electron chi connectivity index (χ3n) is 3.23. The number of hydrogen-bond acceptors (Lipinski definition) is 3. The molecule has 1 fully saturated rings. The Kier molecular flexibility index (Phi) is 3.79. The van der Waals surface area contributed by atoms with Crippen molar-refractivity contribution >= 4 is 21.8 Å². The van der Waals surface area contributed by atoms with Gasteiger partial charge in [-0.05, 0) is 47.3 Å². The second-order valence-electron chi connectivity index (χ2n) is 4.29. The number of carbonyl (C=O) groups is 1. The second kappa shape index (κ2) is 5.14. The summed E-state index contributed by atoms with van der Waals surface area (Å²) in [6.45, 7) is 0.556. The van der Waals surface area contributed by atoms with Gasteiger partial charge in [-0.2, -0.15) is 0 Å². The molecule has 1 aromatic rings. The summed E-state index contributed by atoms with van der Waals surface area (Å²) in [6, 6.07) is 3.50. The van der Waals surface area contributed by atoms with Crippen molar-refractivity contribution in [2.45, 2.75) is 24.9 Å². The van der Waals surface area contributed by atoms with E-state index in [0.29, 0.717) is 12.2 Å². The molecule has 0 aliphatic heterocycles. The van der Waals surface area contributed by atoms with Crippen molar-refractivity contribution in [2.24, 2.45) is 0 Å². The van der Waals surface area contributed by atoms with E-state index in [1.807, 2.05) is 0 Å². The maximum absolute atomic E-state index is 11.8. The van der Waals surface area contributed by atoms with Crippen LogP contribution < -0.4 is 5.32 Å². The summed E-state index contributed by atoms with van der Waals surface area (Å²) >= 11 is 3.28. The summed E-state index contributed by atoms with van der Waals surface area (Å²) in [6.07, 6.45) is 4.81. The van der Waals surface area contributed by atoms with Crippen LogP contribution in [0.15, 0.2) is 22.8 Å². The van der Waals surface area contributed by atoms with Crippen molar-refractivity contribution in [2.75, 3.05) is 13.7 Å². The summed E-state index contributed by atoms with van der Waals surface area (Å²) in [4.78, 5) is 15.9. The van der Waals surface area contributed by atoms with Gasteiger partial charge in [-0.15, -0.1) is 0 Å². The Balaban J connectivity index is 1.91. The van der Waals surface area contributed by atoms with Gasteiger partial charge in [0.1, 0.15) is 5.69 Å². The van der Waals surface area contributed by atoms with Gasteiger partial charge in [0.15, 0.2) is 0 Å². The summed E-state index contributed by atoms with van der Waals surface area (Å²) in [7, 11) is 1.70. The van der Waals surface area contributed by atoms with Gasteiger partial charge in [-0.3, -0.25) is 4.79 Å². The highest BCUT2D eigenvalue weighted by molar-refractivity contribution is 9.10. The third-order valence-corrected chi connectivity index (χ3v) is 3.70. The highest BCUT2D eigenvalue weighted by atomic mass is 79.9. The Labute approximate surface area is 109 Å². The molecule has 0 bridgehead atoms. The third kappa shape index (κ3) is 2.84. The van der Waals surface area contributed by atoms with Crippen LogP contribution in [-0.2, 0) is 4.74 Å². The molecule has 17 heavy (non-hydrogen) atoms. The normalized spacial score (nSPS) is 17.3. The van der Waals surface area contributed by atoms with Crippen molar-refractivity contribution in [3.05, 3.63) is 28.5 Å². The van der Waals surface area contributed by atoms with Crippen LogP contribution in [0.4, 0.5) is 0 Å². The van der Waals surface area contributed by atoms with Crippen LogP contribution in [0.5, 0.6) is 0 Å². The monoisotopic (exact) mass is 298 g/mol. The number of methoxy groups -OCH3 is 1. The predicted octanol–water partition coefficient (Wildman–Crippen LogP) is 2.14. The van der Waals surface area contributed by atoms with E-state index in [1.54, 1.807) is 25.4 Å². The van der Waals surface area contributed by atoms with E-state index in [0.717, 1.165) is 17.3 Å². The molecule has 5 heteroatoms. The van der Waals surface area contributed by atoms with Crippen molar-refractivity contribution in [1.29, 1.82) is 0 Å². The molecule has 1 aromatic heterocycles.